The normalized spacial score (nSPS) is 21.6. The van der Waals surface area contributed by atoms with Gasteiger partial charge in [-0.1, -0.05) is 18.2 Å². The maximum Gasteiger partial charge on any atom is 0.129 e. The summed E-state index contributed by atoms with van der Waals surface area (Å²) in [5, 5.41) is 12.9. The Labute approximate surface area is 101 Å². The molecule has 0 saturated carbocycles. The summed E-state index contributed by atoms with van der Waals surface area (Å²) in [6, 6.07) is 6.31. The third kappa shape index (κ3) is 3.49. The lowest BCUT2D eigenvalue weighted by Crippen LogP contribution is -2.30. The van der Waals surface area contributed by atoms with Crippen molar-refractivity contribution < 1.29 is 14.2 Å². The Morgan fingerprint density at radius 2 is 2.29 bits per heavy atom. The number of halogens is 1. The molecule has 2 N–H and O–H groups in total. The minimum Gasteiger partial charge on any atom is -0.387 e. The zero-order chi connectivity index (χ0) is 12.1. The zero-order valence-electron chi connectivity index (χ0n) is 9.73. The van der Waals surface area contributed by atoms with E-state index in [0.717, 1.165) is 19.4 Å². The first-order valence-corrected chi connectivity index (χ1v) is 6.02. The molecule has 0 aromatic heterocycles. The average molecular weight is 239 g/mol. The fraction of sp³-hybridized carbons (Fsp3) is 0.538. The fourth-order valence-corrected chi connectivity index (χ4v) is 2.04. The number of rotatable bonds is 5. The van der Waals surface area contributed by atoms with Crippen LogP contribution in [-0.2, 0) is 4.74 Å². The molecule has 0 aliphatic carbocycles. The summed E-state index contributed by atoms with van der Waals surface area (Å²) in [5.41, 5.74) is 0.340. The lowest BCUT2D eigenvalue weighted by atomic mass is 10.1. The second-order valence-electron chi connectivity index (χ2n) is 4.33. The lowest BCUT2D eigenvalue weighted by molar-refractivity contribution is 0.103. The first kappa shape index (κ1) is 12.5. The molecule has 17 heavy (non-hydrogen) atoms. The predicted octanol–water partition coefficient (Wildman–Crippen LogP) is 1.63. The van der Waals surface area contributed by atoms with Crippen LogP contribution in [-0.4, -0.2) is 30.9 Å². The van der Waals surface area contributed by atoms with Gasteiger partial charge < -0.3 is 15.2 Å². The molecule has 1 aromatic carbocycles. The van der Waals surface area contributed by atoms with Crippen LogP contribution in [0.2, 0.25) is 0 Å². The molecule has 2 rings (SSSR count). The summed E-state index contributed by atoms with van der Waals surface area (Å²) in [6.45, 7) is 1.88. The number of aliphatic hydroxyl groups excluding tert-OH is 1. The van der Waals surface area contributed by atoms with Gasteiger partial charge in [0.2, 0.25) is 0 Å². The highest BCUT2D eigenvalue weighted by Gasteiger charge is 2.16. The molecule has 94 valence electrons. The standard InChI is InChI=1S/C13H18FNO2/c14-12-6-2-1-5-11(12)13(16)9-15-8-10-4-3-7-17-10/h1-2,5-6,10,13,15-16H,3-4,7-9H2. The number of aliphatic hydroxyl groups is 1. The van der Waals surface area contributed by atoms with Crippen molar-refractivity contribution in [2.24, 2.45) is 0 Å². The molecule has 1 aromatic rings. The molecule has 2 atom stereocenters. The Kier molecular flexibility index (Phi) is 4.48. The summed E-state index contributed by atoms with van der Waals surface area (Å²) in [7, 11) is 0. The molecule has 0 amide bonds. The highest BCUT2D eigenvalue weighted by Crippen LogP contribution is 2.16. The third-order valence-corrected chi connectivity index (χ3v) is 3.00. The number of ether oxygens (including phenoxy) is 1. The van der Waals surface area contributed by atoms with E-state index >= 15 is 0 Å². The maximum absolute atomic E-state index is 13.4. The molecule has 1 aliphatic heterocycles. The highest BCUT2D eigenvalue weighted by molar-refractivity contribution is 5.19. The van der Waals surface area contributed by atoms with Crippen LogP contribution < -0.4 is 5.32 Å². The van der Waals surface area contributed by atoms with Gasteiger partial charge in [0.25, 0.3) is 0 Å². The Bertz CT molecular complexity index is 353. The molecule has 4 heteroatoms. The molecular weight excluding hydrogens is 221 g/mol. The van der Waals surface area contributed by atoms with Crippen molar-refractivity contribution in [3.8, 4) is 0 Å². The summed E-state index contributed by atoms with van der Waals surface area (Å²) in [6.07, 6.45) is 1.59. The first-order chi connectivity index (χ1) is 8.27. The number of nitrogens with one attached hydrogen (secondary N) is 1. The summed E-state index contributed by atoms with van der Waals surface area (Å²) >= 11 is 0. The van der Waals surface area contributed by atoms with Crippen molar-refractivity contribution in [1.82, 2.24) is 5.32 Å². The second-order valence-corrected chi connectivity index (χ2v) is 4.33. The van der Waals surface area contributed by atoms with Gasteiger partial charge in [-0.05, 0) is 18.9 Å². The van der Waals surface area contributed by atoms with Crippen LogP contribution in [0.15, 0.2) is 24.3 Å². The summed E-state index contributed by atoms with van der Waals surface area (Å²) in [4.78, 5) is 0. The van der Waals surface area contributed by atoms with E-state index in [1.165, 1.54) is 6.07 Å². The van der Waals surface area contributed by atoms with Crippen molar-refractivity contribution >= 4 is 0 Å². The molecule has 2 unspecified atom stereocenters. The Morgan fingerprint density at radius 3 is 3.00 bits per heavy atom. The van der Waals surface area contributed by atoms with Crippen molar-refractivity contribution in [1.29, 1.82) is 0 Å². The number of benzene rings is 1. The van der Waals surface area contributed by atoms with E-state index in [0.29, 0.717) is 18.7 Å². The lowest BCUT2D eigenvalue weighted by Gasteiger charge is -2.15. The molecule has 1 fully saturated rings. The van der Waals surface area contributed by atoms with Crippen molar-refractivity contribution in [3.05, 3.63) is 35.6 Å². The average Bonchev–Trinajstić information content (AvgIpc) is 2.82. The van der Waals surface area contributed by atoms with E-state index in [1.807, 2.05) is 0 Å². The van der Waals surface area contributed by atoms with Gasteiger partial charge >= 0.3 is 0 Å². The molecule has 0 spiro atoms. The number of hydrogen-bond acceptors (Lipinski definition) is 3. The van der Waals surface area contributed by atoms with Crippen molar-refractivity contribution in [3.63, 3.8) is 0 Å². The van der Waals surface area contributed by atoms with E-state index in [2.05, 4.69) is 5.32 Å². The fourth-order valence-electron chi connectivity index (χ4n) is 2.04. The van der Waals surface area contributed by atoms with Crippen LogP contribution >= 0.6 is 0 Å². The molecule has 1 saturated heterocycles. The molecule has 1 heterocycles. The van der Waals surface area contributed by atoms with Gasteiger partial charge in [-0.3, -0.25) is 0 Å². The van der Waals surface area contributed by atoms with Crippen LogP contribution in [0.1, 0.15) is 24.5 Å². The SMILES string of the molecule is OC(CNCC1CCCO1)c1ccccc1F. The Morgan fingerprint density at radius 1 is 1.47 bits per heavy atom. The largest absolute Gasteiger partial charge is 0.387 e. The topological polar surface area (TPSA) is 41.5 Å². The summed E-state index contributed by atoms with van der Waals surface area (Å²) < 4.78 is 18.8. The maximum atomic E-state index is 13.4. The Balaban J connectivity index is 1.77. The van der Waals surface area contributed by atoms with E-state index in [9.17, 15) is 9.50 Å². The highest BCUT2D eigenvalue weighted by atomic mass is 19.1. The molecule has 0 bridgehead atoms. The van der Waals surface area contributed by atoms with Crippen LogP contribution in [0, 0.1) is 5.82 Å². The zero-order valence-corrected chi connectivity index (χ0v) is 9.73. The molecular formula is C13H18FNO2. The molecule has 1 aliphatic rings. The minimum absolute atomic E-state index is 0.239. The van der Waals surface area contributed by atoms with Gasteiger partial charge in [0.15, 0.2) is 0 Å². The van der Waals surface area contributed by atoms with Gasteiger partial charge in [0, 0.05) is 25.3 Å². The summed E-state index contributed by atoms with van der Waals surface area (Å²) in [5.74, 6) is -0.362. The first-order valence-electron chi connectivity index (χ1n) is 6.02. The van der Waals surface area contributed by atoms with Crippen molar-refractivity contribution in [2.45, 2.75) is 25.0 Å². The van der Waals surface area contributed by atoms with Gasteiger partial charge in [0.05, 0.1) is 12.2 Å². The monoisotopic (exact) mass is 239 g/mol. The van der Waals surface area contributed by atoms with Gasteiger partial charge in [-0.25, -0.2) is 4.39 Å². The van der Waals surface area contributed by atoms with Gasteiger partial charge in [0.1, 0.15) is 5.82 Å². The van der Waals surface area contributed by atoms with Gasteiger partial charge in [-0.2, -0.15) is 0 Å². The van der Waals surface area contributed by atoms with Crippen LogP contribution in [0.5, 0.6) is 0 Å². The van der Waals surface area contributed by atoms with Crippen molar-refractivity contribution in [2.75, 3.05) is 19.7 Å². The second kappa shape index (κ2) is 6.10. The van der Waals surface area contributed by atoms with E-state index in [4.69, 9.17) is 4.74 Å². The molecule has 0 radical (unpaired) electrons. The smallest absolute Gasteiger partial charge is 0.129 e. The Hall–Kier alpha value is -0.970. The van der Waals surface area contributed by atoms with Crippen LogP contribution in [0.4, 0.5) is 4.39 Å². The quantitative estimate of drug-likeness (QED) is 0.820. The number of hydrogen-bond donors (Lipinski definition) is 2. The van der Waals surface area contributed by atoms with E-state index in [-0.39, 0.29) is 11.9 Å². The van der Waals surface area contributed by atoms with Crippen LogP contribution in [0.3, 0.4) is 0 Å². The van der Waals surface area contributed by atoms with Gasteiger partial charge in [-0.15, -0.1) is 0 Å². The minimum atomic E-state index is -0.808. The van der Waals surface area contributed by atoms with E-state index < -0.39 is 6.10 Å². The molecule has 3 nitrogen and oxygen atoms in total. The predicted molar refractivity (Wildman–Crippen MR) is 63.2 cm³/mol. The van der Waals surface area contributed by atoms with E-state index in [1.54, 1.807) is 18.2 Å². The van der Waals surface area contributed by atoms with Crippen LogP contribution in [0.25, 0.3) is 0 Å². The third-order valence-electron chi connectivity index (χ3n) is 3.00.